The molecule has 4 aliphatic rings. The molecule has 3 fully saturated rings. The van der Waals surface area contributed by atoms with Crippen molar-refractivity contribution >= 4 is 39.0 Å². The molecule has 266 valence electrons. The Morgan fingerprint density at radius 2 is 1.90 bits per heavy atom. The molecule has 7 rings (SSSR count). The quantitative estimate of drug-likeness (QED) is 0.280. The van der Waals surface area contributed by atoms with Crippen LogP contribution in [0.15, 0.2) is 35.3 Å². The van der Waals surface area contributed by atoms with Crippen molar-refractivity contribution in [2.75, 3.05) is 50.9 Å². The highest BCUT2D eigenvalue weighted by atomic mass is 19.1. The van der Waals surface area contributed by atoms with Crippen molar-refractivity contribution in [3.05, 3.63) is 58.5 Å². The first kappa shape index (κ1) is 34.6. The number of aryl methyl sites for hydroxylation is 1. The van der Waals surface area contributed by atoms with Crippen LogP contribution in [-0.2, 0) is 11.2 Å². The molecule has 3 aliphatic heterocycles. The number of benzene rings is 2. The number of phenols is 1. The number of rotatable bonds is 7. The topological polar surface area (TPSA) is 104 Å². The highest BCUT2D eigenvalue weighted by molar-refractivity contribution is 6.51. The summed E-state index contributed by atoms with van der Waals surface area (Å²) in [6, 6.07) is 6.83. The number of allylic oxidation sites excluding steroid dienone is 4. The molecule has 3 saturated heterocycles. The minimum absolute atomic E-state index is 0.00225. The normalized spacial score (nSPS) is 24.1. The predicted molar refractivity (Wildman–Crippen MR) is 198 cm³/mol. The molecular formula is C40H50FN5O4. The van der Waals surface area contributed by atoms with Gasteiger partial charge in [-0.1, -0.05) is 19.1 Å². The first-order chi connectivity index (χ1) is 23.9. The number of phenolic OH excluding ortho intramolecular Hbond substituents is 1. The van der Waals surface area contributed by atoms with Gasteiger partial charge in [-0.3, -0.25) is 9.89 Å². The summed E-state index contributed by atoms with van der Waals surface area (Å²) in [6.07, 6.45) is 7.03. The molecule has 0 amide bonds. The molecule has 0 bridgehead atoms. The zero-order chi connectivity index (χ0) is 35.4. The van der Waals surface area contributed by atoms with Crippen molar-refractivity contribution in [3.8, 4) is 11.8 Å². The fraction of sp³-hybridized carbons (Fsp3) is 0.525. The van der Waals surface area contributed by atoms with Crippen molar-refractivity contribution in [2.45, 2.75) is 90.8 Å². The average Bonchev–Trinajstić information content (AvgIpc) is 3.60. The zero-order valence-corrected chi connectivity index (χ0v) is 30.3. The minimum atomic E-state index is -1.10. The van der Waals surface area contributed by atoms with Crippen LogP contribution in [0.3, 0.4) is 0 Å². The second kappa shape index (κ2) is 13.4. The Hall–Kier alpha value is -3.86. The number of β-amino-alcohol motifs (C(OH)–C–C–N with tert-alkyl or cyclic N) is 1. The summed E-state index contributed by atoms with van der Waals surface area (Å²) in [5.74, 6) is 0.472. The lowest BCUT2D eigenvalue weighted by atomic mass is 9.78. The second-order valence-corrected chi connectivity index (χ2v) is 15.0. The molecule has 2 aromatic carbocycles. The highest BCUT2D eigenvalue weighted by Gasteiger charge is 2.45. The average molecular weight is 684 g/mol. The summed E-state index contributed by atoms with van der Waals surface area (Å²) in [4.78, 5) is 20.2. The molecule has 4 heterocycles. The van der Waals surface area contributed by atoms with Crippen LogP contribution >= 0.6 is 0 Å². The zero-order valence-electron chi connectivity index (χ0n) is 30.3. The Morgan fingerprint density at radius 3 is 2.60 bits per heavy atom. The number of aromatic hydroxyl groups is 1. The van der Waals surface area contributed by atoms with Gasteiger partial charge in [-0.15, -0.1) is 0 Å². The second-order valence-electron chi connectivity index (χ2n) is 15.0. The van der Waals surface area contributed by atoms with Crippen molar-refractivity contribution in [1.82, 2.24) is 14.9 Å². The van der Waals surface area contributed by atoms with Crippen LogP contribution in [0.2, 0.25) is 0 Å². The molecule has 1 unspecified atom stereocenters. The van der Waals surface area contributed by atoms with Crippen LogP contribution < -0.4 is 9.64 Å². The van der Waals surface area contributed by atoms with Crippen molar-refractivity contribution in [2.24, 2.45) is 4.99 Å². The largest absolute Gasteiger partial charge is 0.508 e. The number of ether oxygens (including phenoxy) is 2. The number of halogens is 1. The van der Waals surface area contributed by atoms with Crippen LogP contribution in [0.1, 0.15) is 89.6 Å². The molecule has 9 nitrogen and oxygen atoms in total. The van der Waals surface area contributed by atoms with Crippen molar-refractivity contribution in [3.63, 3.8) is 0 Å². The molecule has 50 heavy (non-hydrogen) atoms. The van der Waals surface area contributed by atoms with E-state index in [0.717, 1.165) is 77.5 Å². The monoisotopic (exact) mass is 683 g/mol. The number of anilines is 1. The highest BCUT2D eigenvalue weighted by Crippen LogP contribution is 2.48. The maximum atomic E-state index is 15.5. The summed E-state index contributed by atoms with van der Waals surface area (Å²) in [7, 11) is 0. The van der Waals surface area contributed by atoms with Crippen LogP contribution in [0.25, 0.3) is 27.5 Å². The van der Waals surface area contributed by atoms with E-state index in [0.29, 0.717) is 55.4 Å². The summed E-state index contributed by atoms with van der Waals surface area (Å²) < 4.78 is 27.9. The molecule has 10 heteroatoms. The predicted octanol–water partition coefficient (Wildman–Crippen LogP) is 6.83. The van der Waals surface area contributed by atoms with E-state index in [9.17, 15) is 10.2 Å². The van der Waals surface area contributed by atoms with E-state index in [1.807, 2.05) is 40.7 Å². The van der Waals surface area contributed by atoms with E-state index in [1.54, 1.807) is 25.1 Å². The summed E-state index contributed by atoms with van der Waals surface area (Å²) in [5, 5.41) is 23.9. The Bertz CT molecular complexity index is 1910. The number of hydrogen-bond donors (Lipinski definition) is 2. The number of aromatic nitrogens is 2. The van der Waals surface area contributed by atoms with Gasteiger partial charge in [0, 0.05) is 23.7 Å². The summed E-state index contributed by atoms with van der Waals surface area (Å²) >= 11 is 0. The maximum Gasteiger partial charge on any atom is 0.319 e. The molecular weight excluding hydrogens is 633 g/mol. The van der Waals surface area contributed by atoms with Crippen LogP contribution in [0.4, 0.5) is 10.2 Å². The van der Waals surface area contributed by atoms with E-state index < -0.39 is 5.60 Å². The molecule has 1 aliphatic carbocycles. The molecule has 0 saturated carbocycles. The van der Waals surface area contributed by atoms with E-state index >= 15 is 4.39 Å². The first-order valence-corrected chi connectivity index (χ1v) is 18.2. The first-order valence-electron chi connectivity index (χ1n) is 18.2. The molecule has 0 radical (unpaired) electrons. The third-order valence-corrected chi connectivity index (χ3v) is 10.8. The van der Waals surface area contributed by atoms with E-state index in [1.165, 1.54) is 6.07 Å². The number of nitrogens with zero attached hydrogens (tertiary/aromatic N) is 5. The van der Waals surface area contributed by atoms with E-state index in [4.69, 9.17) is 24.4 Å². The van der Waals surface area contributed by atoms with Gasteiger partial charge in [-0.05, 0) is 125 Å². The van der Waals surface area contributed by atoms with Gasteiger partial charge in [0.25, 0.3) is 0 Å². The van der Waals surface area contributed by atoms with Gasteiger partial charge >= 0.3 is 6.01 Å². The van der Waals surface area contributed by atoms with Gasteiger partial charge in [-0.25, -0.2) is 4.39 Å². The Kier molecular flexibility index (Phi) is 9.24. The standard InChI is InChI=1S/C40H50FN5O4/c1-7-28-31(41)12-11-26-19-27(47)20-30(33(26)28)32-25(5)35-34(29(8-2)36(32)42-24(3)4)37(45-17-18-49-22-39(6,48)21-45)44-38(43-35)50-23-40-13-9-15-46(40)16-10-14-40/h8,11-12,19-20,24,47-48H,7,9-10,13-18,21-23H2,1-6H3/b29-8-,42-36?. The van der Waals surface area contributed by atoms with Gasteiger partial charge in [0.1, 0.15) is 29.6 Å². The van der Waals surface area contributed by atoms with Crippen molar-refractivity contribution in [1.29, 1.82) is 0 Å². The van der Waals surface area contributed by atoms with Gasteiger partial charge in [-0.2, -0.15) is 9.97 Å². The Balaban J connectivity index is 1.50. The Labute approximate surface area is 294 Å². The minimum Gasteiger partial charge on any atom is -0.508 e. The van der Waals surface area contributed by atoms with Gasteiger partial charge in [0.15, 0.2) is 0 Å². The third-order valence-electron chi connectivity index (χ3n) is 10.8. The lowest BCUT2D eigenvalue weighted by Gasteiger charge is -2.34. The lowest BCUT2D eigenvalue weighted by molar-refractivity contribution is -0.0123. The van der Waals surface area contributed by atoms with Crippen LogP contribution in [0, 0.1) is 5.82 Å². The Morgan fingerprint density at radius 1 is 1.14 bits per heavy atom. The summed E-state index contributed by atoms with van der Waals surface area (Å²) in [5.41, 5.74) is 4.89. The number of aliphatic hydroxyl groups is 1. The number of aliphatic imine (C=N–C) groups is 1. The van der Waals surface area contributed by atoms with Crippen LogP contribution in [-0.4, -0.2) is 94.0 Å². The van der Waals surface area contributed by atoms with E-state index in [2.05, 4.69) is 9.80 Å². The van der Waals surface area contributed by atoms with Crippen LogP contribution in [0.5, 0.6) is 11.8 Å². The number of hydrogen-bond acceptors (Lipinski definition) is 9. The van der Waals surface area contributed by atoms with E-state index in [-0.39, 0.29) is 35.8 Å². The number of fused-ring (bicyclic) bond motifs is 3. The van der Waals surface area contributed by atoms with Gasteiger partial charge < -0.3 is 24.6 Å². The molecule has 0 spiro atoms. The fourth-order valence-corrected chi connectivity index (χ4v) is 8.68. The maximum absolute atomic E-state index is 15.5. The molecule has 1 aromatic heterocycles. The SMILES string of the molecule is C/C=C1\C(=NC(C)C)C(c2cc(O)cc3ccc(F)c(CC)c23)=C(C)c2nc(OCC34CCCN3CCC4)nc(N3CCOCC(C)(O)C3)c21. The molecule has 2 N–H and O–H groups in total. The van der Waals surface area contributed by atoms with Crippen molar-refractivity contribution < 1.29 is 24.1 Å². The third kappa shape index (κ3) is 6.09. The molecule has 3 aromatic rings. The summed E-state index contributed by atoms with van der Waals surface area (Å²) in [6.45, 7) is 16.0. The smallest absolute Gasteiger partial charge is 0.319 e. The fourth-order valence-electron chi connectivity index (χ4n) is 8.68. The lowest BCUT2D eigenvalue weighted by Crippen LogP contribution is -2.44. The van der Waals surface area contributed by atoms with Gasteiger partial charge in [0.05, 0.1) is 42.3 Å². The molecule has 1 atom stereocenters. The van der Waals surface area contributed by atoms with Gasteiger partial charge in [0.2, 0.25) is 0 Å².